The largest absolute Gasteiger partial charge is 0.316 e. The SMILES string of the molecule is CNC(Cc1cc(Br)ccc1F)C1C(C)(C)C1(C)C. The van der Waals surface area contributed by atoms with Gasteiger partial charge < -0.3 is 5.32 Å². The molecule has 1 N–H and O–H groups in total. The third-order valence-corrected chi connectivity index (χ3v) is 5.85. The lowest BCUT2D eigenvalue weighted by atomic mass is 9.96. The standard InChI is InChI=1S/C16H23BrFN/c1-15(2)14(16(15,3)4)13(19-5)9-10-8-11(17)6-7-12(10)18/h6-8,13-14,19H,9H2,1-5H3. The van der Waals surface area contributed by atoms with Crippen LogP contribution in [0.25, 0.3) is 0 Å². The Balaban J connectivity index is 2.20. The number of halogens is 2. The van der Waals surface area contributed by atoms with Crippen LogP contribution in [-0.4, -0.2) is 13.1 Å². The van der Waals surface area contributed by atoms with Crippen LogP contribution in [0.5, 0.6) is 0 Å². The van der Waals surface area contributed by atoms with Crippen molar-refractivity contribution in [1.29, 1.82) is 0 Å². The summed E-state index contributed by atoms with van der Waals surface area (Å²) in [4.78, 5) is 0. The molecule has 2 rings (SSSR count). The van der Waals surface area contributed by atoms with E-state index in [0.717, 1.165) is 16.5 Å². The van der Waals surface area contributed by atoms with Gasteiger partial charge in [-0.15, -0.1) is 0 Å². The van der Waals surface area contributed by atoms with Crippen molar-refractivity contribution in [3.63, 3.8) is 0 Å². The number of likely N-dealkylation sites (N-methyl/N-ethyl adjacent to an activating group) is 1. The van der Waals surface area contributed by atoms with Crippen molar-refractivity contribution in [1.82, 2.24) is 5.32 Å². The summed E-state index contributed by atoms with van der Waals surface area (Å²) in [6.45, 7) is 9.22. The van der Waals surface area contributed by atoms with Gasteiger partial charge in [-0.05, 0) is 54.0 Å². The molecule has 1 aromatic rings. The first-order valence-corrected chi connectivity index (χ1v) is 7.62. The summed E-state index contributed by atoms with van der Waals surface area (Å²) in [7, 11) is 1.98. The first-order chi connectivity index (χ1) is 8.71. The maximum Gasteiger partial charge on any atom is 0.126 e. The van der Waals surface area contributed by atoms with Crippen molar-refractivity contribution in [3.05, 3.63) is 34.1 Å². The van der Waals surface area contributed by atoms with E-state index in [0.29, 0.717) is 22.8 Å². The Kier molecular flexibility index (Phi) is 3.83. The van der Waals surface area contributed by atoms with Crippen molar-refractivity contribution in [2.45, 2.75) is 40.2 Å². The molecule has 0 saturated heterocycles. The molecule has 1 atom stereocenters. The maximum atomic E-state index is 13.9. The smallest absolute Gasteiger partial charge is 0.126 e. The molecule has 0 amide bonds. The van der Waals surface area contributed by atoms with Gasteiger partial charge in [-0.3, -0.25) is 0 Å². The minimum absolute atomic E-state index is 0.111. The van der Waals surface area contributed by atoms with Gasteiger partial charge in [-0.1, -0.05) is 43.6 Å². The first-order valence-electron chi connectivity index (χ1n) is 6.83. The highest BCUT2D eigenvalue weighted by molar-refractivity contribution is 9.10. The predicted molar refractivity (Wildman–Crippen MR) is 81.7 cm³/mol. The predicted octanol–water partition coefficient (Wildman–Crippen LogP) is 4.40. The second kappa shape index (κ2) is 4.85. The molecule has 19 heavy (non-hydrogen) atoms. The molecule has 0 radical (unpaired) electrons. The molecule has 0 aromatic heterocycles. The Hall–Kier alpha value is -0.410. The molecule has 1 fully saturated rings. The van der Waals surface area contributed by atoms with E-state index in [-0.39, 0.29) is 5.82 Å². The van der Waals surface area contributed by atoms with Crippen molar-refractivity contribution in [2.24, 2.45) is 16.7 Å². The summed E-state index contributed by atoms with van der Waals surface area (Å²) < 4.78 is 14.8. The van der Waals surface area contributed by atoms with E-state index in [4.69, 9.17) is 0 Å². The van der Waals surface area contributed by atoms with Gasteiger partial charge in [0.2, 0.25) is 0 Å². The Morgan fingerprint density at radius 1 is 1.26 bits per heavy atom. The zero-order valence-corrected chi connectivity index (χ0v) is 13.9. The summed E-state index contributed by atoms with van der Waals surface area (Å²) in [5.74, 6) is 0.461. The highest BCUT2D eigenvalue weighted by atomic mass is 79.9. The number of benzene rings is 1. The molecule has 0 heterocycles. The van der Waals surface area contributed by atoms with Crippen LogP contribution in [0, 0.1) is 22.6 Å². The molecule has 0 bridgehead atoms. The second-order valence-electron chi connectivity index (χ2n) is 6.76. The van der Waals surface area contributed by atoms with Crippen LogP contribution in [0.3, 0.4) is 0 Å². The van der Waals surface area contributed by atoms with Crippen molar-refractivity contribution < 1.29 is 4.39 Å². The molecule has 3 heteroatoms. The minimum atomic E-state index is -0.111. The number of hydrogen-bond acceptors (Lipinski definition) is 1. The average Bonchev–Trinajstić information content (AvgIpc) is 2.72. The molecule has 1 nitrogen and oxygen atoms in total. The lowest BCUT2D eigenvalue weighted by Crippen LogP contribution is -2.32. The van der Waals surface area contributed by atoms with E-state index >= 15 is 0 Å². The third-order valence-electron chi connectivity index (χ3n) is 5.35. The maximum absolute atomic E-state index is 13.9. The highest BCUT2D eigenvalue weighted by Gasteiger charge is 2.66. The fourth-order valence-electron chi connectivity index (χ4n) is 3.58. The first kappa shape index (κ1) is 15.0. The lowest BCUT2D eigenvalue weighted by Gasteiger charge is -2.19. The molecule has 1 aliphatic rings. The van der Waals surface area contributed by atoms with Gasteiger partial charge in [0.05, 0.1) is 0 Å². The van der Waals surface area contributed by atoms with Gasteiger partial charge in [-0.25, -0.2) is 4.39 Å². The van der Waals surface area contributed by atoms with E-state index in [1.165, 1.54) is 6.07 Å². The Morgan fingerprint density at radius 3 is 2.32 bits per heavy atom. The van der Waals surface area contributed by atoms with Gasteiger partial charge in [-0.2, -0.15) is 0 Å². The summed E-state index contributed by atoms with van der Waals surface area (Å²) in [5.41, 5.74) is 1.40. The van der Waals surface area contributed by atoms with Crippen molar-refractivity contribution in [2.75, 3.05) is 7.05 Å². The summed E-state index contributed by atoms with van der Waals surface area (Å²) in [6.07, 6.45) is 0.735. The van der Waals surface area contributed by atoms with E-state index in [2.05, 4.69) is 48.9 Å². The van der Waals surface area contributed by atoms with Crippen LogP contribution in [0.1, 0.15) is 33.3 Å². The van der Waals surface area contributed by atoms with Crippen LogP contribution in [0.2, 0.25) is 0 Å². The normalized spacial score (nSPS) is 22.3. The van der Waals surface area contributed by atoms with Crippen LogP contribution in [0.15, 0.2) is 22.7 Å². The molecule has 106 valence electrons. The van der Waals surface area contributed by atoms with E-state index in [9.17, 15) is 4.39 Å². The molecular weight excluding hydrogens is 305 g/mol. The van der Waals surface area contributed by atoms with E-state index in [1.54, 1.807) is 6.07 Å². The molecule has 1 aromatic carbocycles. The number of hydrogen-bond donors (Lipinski definition) is 1. The lowest BCUT2D eigenvalue weighted by molar-refractivity contribution is 0.415. The molecule has 1 aliphatic carbocycles. The van der Waals surface area contributed by atoms with Gasteiger partial charge in [0.25, 0.3) is 0 Å². The molecule has 0 aliphatic heterocycles. The number of nitrogens with one attached hydrogen (secondary N) is 1. The molecule has 1 unspecified atom stereocenters. The minimum Gasteiger partial charge on any atom is -0.316 e. The summed E-state index contributed by atoms with van der Waals surface area (Å²) in [5, 5.41) is 3.39. The van der Waals surface area contributed by atoms with Crippen LogP contribution < -0.4 is 5.32 Å². The fourth-order valence-corrected chi connectivity index (χ4v) is 3.99. The van der Waals surface area contributed by atoms with E-state index < -0.39 is 0 Å². The Morgan fingerprint density at radius 2 is 1.84 bits per heavy atom. The second-order valence-corrected chi connectivity index (χ2v) is 7.67. The van der Waals surface area contributed by atoms with Gasteiger partial charge in [0.1, 0.15) is 5.82 Å². The van der Waals surface area contributed by atoms with Crippen molar-refractivity contribution >= 4 is 15.9 Å². The molecular formula is C16H23BrFN. The summed E-state index contributed by atoms with van der Waals surface area (Å²) >= 11 is 3.42. The van der Waals surface area contributed by atoms with Crippen molar-refractivity contribution in [3.8, 4) is 0 Å². The molecule has 1 saturated carbocycles. The monoisotopic (exact) mass is 327 g/mol. The van der Waals surface area contributed by atoms with Gasteiger partial charge >= 0.3 is 0 Å². The van der Waals surface area contributed by atoms with Crippen LogP contribution in [0.4, 0.5) is 4.39 Å². The van der Waals surface area contributed by atoms with Gasteiger partial charge in [0, 0.05) is 10.5 Å². The van der Waals surface area contributed by atoms with Crippen LogP contribution in [-0.2, 0) is 6.42 Å². The van der Waals surface area contributed by atoms with E-state index in [1.807, 2.05) is 13.1 Å². The zero-order chi connectivity index (χ0) is 14.4. The zero-order valence-electron chi connectivity index (χ0n) is 12.3. The summed E-state index contributed by atoms with van der Waals surface area (Å²) in [6, 6.07) is 5.49. The van der Waals surface area contributed by atoms with Gasteiger partial charge in [0.15, 0.2) is 0 Å². The average molecular weight is 328 g/mol. The number of rotatable bonds is 4. The van der Waals surface area contributed by atoms with Crippen LogP contribution >= 0.6 is 15.9 Å². The third kappa shape index (κ3) is 2.47. The molecule has 0 spiro atoms. The highest BCUT2D eigenvalue weighted by Crippen LogP contribution is 2.69. The Labute approximate surface area is 124 Å². The fraction of sp³-hybridized carbons (Fsp3) is 0.625. The Bertz CT molecular complexity index is 468. The topological polar surface area (TPSA) is 12.0 Å². The quantitative estimate of drug-likeness (QED) is 0.864.